The van der Waals surface area contributed by atoms with Crippen molar-refractivity contribution >= 4 is 23.6 Å². The number of amides is 3. The highest BCUT2D eigenvalue weighted by atomic mass is 16.6. The molecule has 1 saturated carbocycles. The molecule has 2 saturated heterocycles. The molecule has 3 amide bonds. The van der Waals surface area contributed by atoms with E-state index in [9.17, 15) is 19.6 Å². The van der Waals surface area contributed by atoms with E-state index in [4.69, 9.17) is 4.74 Å². The van der Waals surface area contributed by atoms with Gasteiger partial charge in [0.15, 0.2) is 0 Å². The second kappa shape index (κ2) is 10.1. The van der Waals surface area contributed by atoms with Gasteiger partial charge in [-0.2, -0.15) is 5.26 Å². The van der Waals surface area contributed by atoms with Crippen LogP contribution in [0, 0.1) is 17.2 Å². The van der Waals surface area contributed by atoms with Crippen LogP contribution in [-0.2, 0) is 27.2 Å². The monoisotopic (exact) mass is 514 g/mol. The molecular weight excluding hydrogens is 480 g/mol. The highest BCUT2D eigenvalue weighted by Gasteiger charge is 2.49. The highest BCUT2D eigenvalue weighted by molar-refractivity contribution is 6.00. The van der Waals surface area contributed by atoms with Gasteiger partial charge < -0.3 is 15.4 Å². The van der Waals surface area contributed by atoms with Crippen LogP contribution in [0.4, 0.5) is 10.5 Å². The SMILES string of the molecule is CC(C)(C)OC(=O)N1C2CCC(CC2)C1C(=O)N[C@H](C#N)Cc1ccc(-c2ccc3c(c2)NC(=O)C3)cc1. The summed E-state index contributed by atoms with van der Waals surface area (Å²) >= 11 is 0. The van der Waals surface area contributed by atoms with Crippen molar-refractivity contribution in [1.29, 1.82) is 5.26 Å². The van der Waals surface area contributed by atoms with Crippen LogP contribution in [0.5, 0.6) is 0 Å². The summed E-state index contributed by atoms with van der Waals surface area (Å²) < 4.78 is 5.64. The molecule has 2 atom stereocenters. The molecule has 0 spiro atoms. The lowest BCUT2D eigenvalue weighted by atomic mass is 9.74. The molecule has 0 radical (unpaired) electrons. The molecule has 8 heteroatoms. The Labute approximate surface area is 223 Å². The largest absolute Gasteiger partial charge is 0.444 e. The number of carbonyl (C=O) groups excluding carboxylic acids is 3. The minimum atomic E-state index is -0.718. The van der Waals surface area contributed by atoms with E-state index < -0.39 is 23.8 Å². The minimum Gasteiger partial charge on any atom is -0.444 e. The first-order valence-corrected chi connectivity index (χ1v) is 13.3. The molecule has 2 bridgehead atoms. The Morgan fingerprint density at radius 2 is 1.79 bits per heavy atom. The molecule has 8 nitrogen and oxygen atoms in total. The van der Waals surface area contributed by atoms with Crippen molar-refractivity contribution in [3.63, 3.8) is 0 Å². The van der Waals surface area contributed by atoms with E-state index in [0.29, 0.717) is 12.8 Å². The van der Waals surface area contributed by atoms with Crippen LogP contribution in [0.1, 0.15) is 57.6 Å². The van der Waals surface area contributed by atoms with Crippen molar-refractivity contribution in [3.05, 3.63) is 53.6 Å². The van der Waals surface area contributed by atoms with E-state index in [1.54, 1.807) is 4.90 Å². The summed E-state index contributed by atoms with van der Waals surface area (Å²) in [6.07, 6.45) is 3.85. The number of nitrogens with zero attached hydrogens (tertiary/aromatic N) is 2. The fourth-order valence-electron chi connectivity index (χ4n) is 5.92. The van der Waals surface area contributed by atoms with Crippen molar-refractivity contribution in [2.75, 3.05) is 5.32 Å². The number of hydrogen-bond acceptors (Lipinski definition) is 5. The molecule has 4 aliphatic rings. The molecule has 2 aromatic rings. The second-order valence-corrected chi connectivity index (χ2v) is 11.6. The molecule has 6 rings (SSSR count). The number of benzene rings is 2. The van der Waals surface area contributed by atoms with E-state index in [1.165, 1.54) is 0 Å². The topological polar surface area (TPSA) is 112 Å². The maximum Gasteiger partial charge on any atom is 0.411 e. The number of nitriles is 1. The maximum atomic E-state index is 13.4. The Bertz CT molecular complexity index is 1280. The van der Waals surface area contributed by atoms with Crippen LogP contribution in [0.25, 0.3) is 11.1 Å². The van der Waals surface area contributed by atoms with Gasteiger partial charge in [-0.1, -0.05) is 36.4 Å². The summed E-state index contributed by atoms with van der Waals surface area (Å²) in [6, 6.07) is 14.7. The number of nitrogens with one attached hydrogen (secondary N) is 2. The fourth-order valence-corrected chi connectivity index (χ4v) is 5.92. The van der Waals surface area contributed by atoms with Crippen LogP contribution in [0.2, 0.25) is 0 Å². The summed E-state index contributed by atoms with van der Waals surface area (Å²) in [5, 5.41) is 15.6. The molecule has 3 fully saturated rings. The Kier molecular flexibility index (Phi) is 6.87. The lowest BCUT2D eigenvalue weighted by molar-refractivity contribution is -0.135. The predicted molar refractivity (Wildman–Crippen MR) is 143 cm³/mol. The van der Waals surface area contributed by atoms with Gasteiger partial charge in [0, 0.05) is 18.2 Å². The van der Waals surface area contributed by atoms with Gasteiger partial charge in [0.25, 0.3) is 0 Å². The van der Waals surface area contributed by atoms with Crippen LogP contribution >= 0.6 is 0 Å². The second-order valence-electron chi connectivity index (χ2n) is 11.6. The first kappa shape index (κ1) is 25.8. The van der Waals surface area contributed by atoms with Gasteiger partial charge >= 0.3 is 6.09 Å². The zero-order valence-corrected chi connectivity index (χ0v) is 22.1. The molecule has 198 valence electrons. The summed E-state index contributed by atoms with van der Waals surface area (Å²) in [6.45, 7) is 5.46. The molecule has 1 unspecified atom stereocenters. The average molecular weight is 515 g/mol. The van der Waals surface area contributed by atoms with E-state index in [-0.39, 0.29) is 23.8 Å². The number of ether oxygens (including phenoxy) is 1. The van der Waals surface area contributed by atoms with Crippen LogP contribution < -0.4 is 10.6 Å². The zero-order chi connectivity index (χ0) is 27.0. The maximum absolute atomic E-state index is 13.4. The Morgan fingerprint density at radius 1 is 1.11 bits per heavy atom. The van der Waals surface area contributed by atoms with Crippen molar-refractivity contribution in [2.45, 2.75) is 83.0 Å². The summed E-state index contributed by atoms with van der Waals surface area (Å²) in [7, 11) is 0. The third-order valence-electron chi connectivity index (χ3n) is 7.69. The summed E-state index contributed by atoms with van der Waals surface area (Å²) in [5.74, 6) is -0.204. The highest BCUT2D eigenvalue weighted by Crippen LogP contribution is 2.40. The number of hydrogen-bond donors (Lipinski definition) is 2. The summed E-state index contributed by atoms with van der Waals surface area (Å²) in [4.78, 5) is 39.7. The van der Waals surface area contributed by atoms with Crippen molar-refractivity contribution < 1.29 is 19.1 Å². The minimum absolute atomic E-state index is 0.00682. The zero-order valence-electron chi connectivity index (χ0n) is 22.1. The molecule has 2 N–H and O–H groups in total. The van der Waals surface area contributed by atoms with Gasteiger partial charge in [-0.15, -0.1) is 0 Å². The normalized spacial score (nSPS) is 22.7. The summed E-state index contributed by atoms with van der Waals surface area (Å²) in [5.41, 5.74) is 4.12. The molecule has 1 aliphatic carbocycles. The number of piperidine rings is 2. The Balaban J connectivity index is 1.25. The van der Waals surface area contributed by atoms with E-state index in [0.717, 1.165) is 53.6 Å². The van der Waals surface area contributed by atoms with Crippen LogP contribution in [0.15, 0.2) is 42.5 Å². The predicted octanol–water partition coefficient (Wildman–Crippen LogP) is 4.58. The lowest BCUT2D eigenvalue weighted by Crippen LogP contribution is -2.64. The molecule has 38 heavy (non-hydrogen) atoms. The fraction of sp³-hybridized carbons (Fsp3) is 0.467. The number of anilines is 1. The molecule has 3 heterocycles. The van der Waals surface area contributed by atoms with Crippen LogP contribution in [-0.4, -0.2) is 46.5 Å². The lowest BCUT2D eigenvalue weighted by Gasteiger charge is -2.50. The number of carbonyl (C=O) groups is 3. The van der Waals surface area contributed by atoms with Gasteiger partial charge in [-0.05, 0) is 80.7 Å². The van der Waals surface area contributed by atoms with Crippen LogP contribution in [0.3, 0.4) is 0 Å². The third-order valence-corrected chi connectivity index (χ3v) is 7.69. The standard InChI is InChI=1S/C30H34N4O4/c1-30(2,3)38-29(37)34-24-12-10-20(11-13-24)27(34)28(36)32-23(17-31)14-18-4-6-19(7-5-18)21-8-9-22-16-26(35)33-25(22)15-21/h4-9,15,20,23-24,27H,10-14,16H2,1-3H3,(H,32,36)(H,33,35)/t20?,23-,24?,27?/m0/s1. The molecule has 2 aromatic carbocycles. The van der Waals surface area contributed by atoms with Gasteiger partial charge in [0.05, 0.1) is 12.5 Å². The first-order valence-electron chi connectivity index (χ1n) is 13.3. The van der Waals surface area contributed by atoms with E-state index in [2.05, 4.69) is 16.7 Å². The van der Waals surface area contributed by atoms with Gasteiger partial charge in [-0.3, -0.25) is 14.5 Å². The molecule has 3 aliphatic heterocycles. The van der Waals surface area contributed by atoms with Crippen molar-refractivity contribution in [3.8, 4) is 17.2 Å². The van der Waals surface area contributed by atoms with Gasteiger partial charge in [-0.25, -0.2) is 4.79 Å². The van der Waals surface area contributed by atoms with E-state index >= 15 is 0 Å². The Hall–Kier alpha value is -3.86. The first-order chi connectivity index (χ1) is 18.1. The molecule has 0 aromatic heterocycles. The van der Waals surface area contributed by atoms with Gasteiger partial charge in [0.1, 0.15) is 17.7 Å². The number of fused-ring (bicyclic) bond motifs is 4. The quantitative estimate of drug-likeness (QED) is 0.607. The van der Waals surface area contributed by atoms with Gasteiger partial charge in [0.2, 0.25) is 11.8 Å². The Morgan fingerprint density at radius 3 is 2.45 bits per heavy atom. The smallest absolute Gasteiger partial charge is 0.411 e. The molecular formula is C30H34N4O4. The third kappa shape index (κ3) is 5.38. The van der Waals surface area contributed by atoms with Crippen molar-refractivity contribution in [1.82, 2.24) is 10.2 Å². The van der Waals surface area contributed by atoms with E-state index in [1.807, 2.05) is 63.2 Å². The number of rotatable bonds is 5. The van der Waals surface area contributed by atoms with Crippen molar-refractivity contribution in [2.24, 2.45) is 5.92 Å². The average Bonchev–Trinajstić information content (AvgIpc) is 3.27.